The molecule has 0 bridgehead atoms. The number of aliphatic hydroxyl groups excluding tert-OH is 1. The molecule has 1 N–H and O–H groups in total. The van der Waals surface area contributed by atoms with Crippen molar-refractivity contribution in [2.75, 3.05) is 27.4 Å². The lowest BCUT2D eigenvalue weighted by Crippen LogP contribution is -2.43. The molecule has 10 nitrogen and oxygen atoms in total. The highest BCUT2D eigenvalue weighted by Crippen LogP contribution is 2.53. The van der Waals surface area contributed by atoms with Gasteiger partial charge in [-0.1, -0.05) is 0 Å². The molecule has 6 heterocycles. The minimum absolute atomic E-state index is 0.0442. The van der Waals surface area contributed by atoms with Crippen LogP contribution in [0.15, 0.2) is 60.7 Å². The number of hydrogen-bond donors (Lipinski definition) is 1. The number of aryl methyl sites for hydroxylation is 2. The largest absolute Gasteiger partial charge is 0.496 e. The van der Waals surface area contributed by atoms with Crippen LogP contribution in [0.5, 0.6) is 46.0 Å². The highest BCUT2D eigenvalue weighted by atomic mass is 16.6. The molecule has 0 radical (unpaired) electrons. The Balaban J connectivity index is 0.000000146. The maximum Gasteiger partial charge on any atom is 0.178 e. The standard InChI is InChI=1S/C23H24O5.C23H22O5/c2*1-12-9-18-15(10-17(12)25-4)20-19(11-26-18)27-22-13-7-8-23(2,3)28-16(13)6-5-14(22)21(20)24/h5-10,19-21,24H,11H2,1-4H3;5-10,19-20H,11H2,1-4H3/t19-,20+,21-;19-,20+/m11/s1. The molecule has 6 aliphatic heterocycles. The van der Waals surface area contributed by atoms with E-state index in [9.17, 15) is 9.90 Å². The van der Waals surface area contributed by atoms with Gasteiger partial charge in [0.15, 0.2) is 5.78 Å². The van der Waals surface area contributed by atoms with E-state index < -0.39 is 12.0 Å². The molecule has 10 rings (SSSR count). The molecule has 0 fully saturated rings. The number of ketones is 1. The second-order valence-corrected chi connectivity index (χ2v) is 16.3. The summed E-state index contributed by atoms with van der Waals surface area (Å²) < 4.78 is 47.6. The maximum absolute atomic E-state index is 13.5. The zero-order chi connectivity index (χ0) is 39.3. The van der Waals surface area contributed by atoms with E-state index in [1.165, 1.54) is 0 Å². The summed E-state index contributed by atoms with van der Waals surface area (Å²) in [6, 6.07) is 15.3. The lowest BCUT2D eigenvalue weighted by Gasteiger charge is -2.42. The molecule has 56 heavy (non-hydrogen) atoms. The number of ether oxygens (including phenoxy) is 8. The summed E-state index contributed by atoms with van der Waals surface area (Å²) >= 11 is 0. The highest BCUT2D eigenvalue weighted by Gasteiger charge is 2.46. The summed E-state index contributed by atoms with van der Waals surface area (Å²) in [5.41, 5.74) is 6.02. The molecular weight excluding hydrogens is 712 g/mol. The van der Waals surface area contributed by atoms with Gasteiger partial charge in [-0.25, -0.2) is 0 Å². The Morgan fingerprint density at radius 2 is 1.20 bits per heavy atom. The molecule has 4 aromatic rings. The summed E-state index contributed by atoms with van der Waals surface area (Å²) in [4.78, 5) is 13.5. The topological polar surface area (TPSA) is 111 Å². The number of methoxy groups -OCH3 is 2. The molecule has 0 aliphatic carbocycles. The second-order valence-electron chi connectivity index (χ2n) is 16.3. The first-order valence-electron chi connectivity index (χ1n) is 19.0. The van der Waals surface area contributed by atoms with Gasteiger partial charge in [-0.15, -0.1) is 0 Å². The van der Waals surface area contributed by atoms with Crippen LogP contribution in [0.3, 0.4) is 0 Å². The van der Waals surface area contributed by atoms with Crippen molar-refractivity contribution in [1.29, 1.82) is 0 Å². The molecule has 0 saturated carbocycles. The Kier molecular flexibility index (Phi) is 8.36. The van der Waals surface area contributed by atoms with E-state index in [4.69, 9.17) is 37.9 Å². The van der Waals surface area contributed by atoms with Crippen molar-refractivity contribution in [2.24, 2.45) is 0 Å². The van der Waals surface area contributed by atoms with Crippen molar-refractivity contribution in [2.45, 2.75) is 82.9 Å². The molecule has 4 aromatic carbocycles. The fraction of sp³-hybridized carbons (Fsp3) is 0.370. The Morgan fingerprint density at radius 3 is 1.82 bits per heavy atom. The Bertz CT molecular complexity index is 2350. The average molecular weight is 759 g/mol. The third-order valence-corrected chi connectivity index (χ3v) is 11.5. The summed E-state index contributed by atoms with van der Waals surface area (Å²) in [5, 5.41) is 11.3. The number of rotatable bonds is 2. The van der Waals surface area contributed by atoms with E-state index >= 15 is 0 Å². The van der Waals surface area contributed by atoms with Crippen LogP contribution in [0.1, 0.15) is 94.9 Å². The van der Waals surface area contributed by atoms with Gasteiger partial charge >= 0.3 is 0 Å². The number of Topliss-reactive ketones (excluding diaryl/α,β-unsaturated/α-hetero) is 1. The number of carbonyl (C=O) groups is 1. The summed E-state index contributed by atoms with van der Waals surface area (Å²) in [7, 11) is 3.28. The van der Waals surface area contributed by atoms with Gasteiger partial charge in [0, 0.05) is 16.7 Å². The van der Waals surface area contributed by atoms with Gasteiger partial charge in [-0.3, -0.25) is 4.79 Å². The Labute approximate surface area is 326 Å². The van der Waals surface area contributed by atoms with Crippen LogP contribution in [0.25, 0.3) is 12.2 Å². The molecule has 0 aromatic heterocycles. The predicted molar refractivity (Wildman–Crippen MR) is 210 cm³/mol. The van der Waals surface area contributed by atoms with Gasteiger partial charge in [-0.2, -0.15) is 0 Å². The van der Waals surface area contributed by atoms with Crippen LogP contribution < -0.4 is 37.9 Å². The smallest absolute Gasteiger partial charge is 0.178 e. The number of aliphatic hydroxyl groups is 1. The van der Waals surface area contributed by atoms with Crippen LogP contribution >= 0.6 is 0 Å². The zero-order valence-corrected chi connectivity index (χ0v) is 32.9. The summed E-state index contributed by atoms with van der Waals surface area (Å²) in [6.45, 7) is 12.7. The third kappa shape index (κ3) is 5.84. The minimum Gasteiger partial charge on any atom is -0.496 e. The molecule has 0 saturated heterocycles. The maximum atomic E-state index is 13.5. The van der Waals surface area contributed by atoms with Crippen LogP contribution in [-0.2, 0) is 0 Å². The zero-order valence-electron chi connectivity index (χ0n) is 32.9. The van der Waals surface area contributed by atoms with Crippen LogP contribution in [0.2, 0.25) is 0 Å². The van der Waals surface area contributed by atoms with Gasteiger partial charge in [-0.05, 0) is 126 Å². The van der Waals surface area contributed by atoms with Crippen molar-refractivity contribution >= 4 is 17.9 Å². The van der Waals surface area contributed by atoms with Gasteiger partial charge < -0.3 is 43.0 Å². The van der Waals surface area contributed by atoms with Gasteiger partial charge in [0.05, 0.1) is 48.8 Å². The van der Waals surface area contributed by atoms with Crippen molar-refractivity contribution in [3.8, 4) is 46.0 Å². The normalized spacial score (nSPS) is 24.5. The van der Waals surface area contributed by atoms with Crippen LogP contribution in [0, 0.1) is 13.8 Å². The van der Waals surface area contributed by atoms with E-state index in [1.54, 1.807) is 14.2 Å². The number of benzene rings is 4. The molecule has 10 heteroatoms. The second kappa shape index (κ2) is 13.0. The lowest BCUT2D eigenvalue weighted by atomic mass is 9.79. The van der Waals surface area contributed by atoms with E-state index in [0.29, 0.717) is 30.3 Å². The molecular formula is C46H46O10. The quantitative estimate of drug-likeness (QED) is 0.214. The first-order valence-corrected chi connectivity index (χ1v) is 19.0. The van der Waals surface area contributed by atoms with E-state index in [2.05, 4.69) is 0 Å². The Morgan fingerprint density at radius 1 is 0.661 bits per heavy atom. The van der Waals surface area contributed by atoms with E-state index in [-0.39, 0.29) is 35.1 Å². The average Bonchev–Trinajstić information content (AvgIpc) is 3.16. The molecule has 6 aliphatic rings. The number of carbonyl (C=O) groups excluding carboxylic acids is 1. The first kappa shape index (κ1) is 36.1. The molecule has 0 spiro atoms. The van der Waals surface area contributed by atoms with Crippen LogP contribution in [0.4, 0.5) is 0 Å². The van der Waals surface area contributed by atoms with E-state index in [0.717, 1.165) is 73.4 Å². The van der Waals surface area contributed by atoms with Crippen molar-refractivity contribution in [3.63, 3.8) is 0 Å². The molecule has 0 unspecified atom stereocenters. The summed E-state index contributed by atoms with van der Waals surface area (Å²) in [5.74, 6) is 5.22. The van der Waals surface area contributed by atoms with E-state index in [1.807, 2.05) is 114 Å². The first-order chi connectivity index (χ1) is 26.8. The van der Waals surface area contributed by atoms with Crippen LogP contribution in [-0.4, -0.2) is 61.7 Å². The third-order valence-electron chi connectivity index (χ3n) is 11.5. The van der Waals surface area contributed by atoms with Gasteiger partial charge in [0.25, 0.3) is 0 Å². The molecule has 5 atom stereocenters. The van der Waals surface area contributed by atoms with Gasteiger partial charge in [0.1, 0.15) is 82.6 Å². The predicted octanol–water partition coefficient (Wildman–Crippen LogP) is 8.47. The van der Waals surface area contributed by atoms with Gasteiger partial charge in [0.2, 0.25) is 0 Å². The number of hydrogen-bond acceptors (Lipinski definition) is 10. The minimum atomic E-state index is -0.697. The van der Waals surface area contributed by atoms with Crippen molar-refractivity contribution in [3.05, 3.63) is 105 Å². The lowest BCUT2D eigenvalue weighted by molar-refractivity contribution is 0.000804. The summed E-state index contributed by atoms with van der Waals surface area (Å²) in [6.07, 6.45) is 6.64. The SMILES string of the molecule is COc1cc2c(cc1C)OC[C@H]1Oc3c(ccc4c3C=CC(C)(C)O4)C(=O)[C@@H]21.COc1cc2c(cc1C)OC[C@H]1Oc3c(ccc4c3C=CC(C)(C)O4)[C@@H](O)[C@@H]21. The fourth-order valence-electron chi connectivity index (χ4n) is 8.61. The Hall–Kier alpha value is -5.61. The van der Waals surface area contributed by atoms with Crippen molar-refractivity contribution in [1.82, 2.24) is 0 Å². The number of fused-ring (bicyclic) bond motifs is 12. The monoisotopic (exact) mass is 758 g/mol. The fourth-order valence-corrected chi connectivity index (χ4v) is 8.61. The molecule has 290 valence electrons. The molecule has 0 amide bonds. The highest BCUT2D eigenvalue weighted by molar-refractivity contribution is 6.06. The van der Waals surface area contributed by atoms with Crippen molar-refractivity contribution < 1.29 is 47.8 Å².